The summed E-state index contributed by atoms with van der Waals surface area (Å²) in [4.78, 5) is 5.01. The van der Waals surface area contributed by atoms with Crippen LogP contribution in [0, 0.1) is 0 Å². The lowest BCUT2D eigenvalue weighted by molar-refractivity contribution is -0.512. The lowest BCUT2D eigenvalue weighted by atomic mass is 10.5. The van der Waals surface area contributed by atoms with Gasteiger partial charge in [-0.25, -0.2) is 0 Å². The van der Waals surface area contributed by atoms with Crippen molar-refractivity contribution in [3.63, 3.8) is 0 Å². The molecule has 0 radical (unpaired) electrons. The standard InChI is InChI=1S/C14H28N4S2/c1-5-15-9-10-16(6-2)13(15)19-20-14-17(7-3)11-12-18(14)8-4/h5-12H2,1-4H3/q+2. The summed E-state index contributed by atoms with van der Waals surface area (Å²) in [6.07, 6.45) is 0. The van der Waals surface area contributed by atoms with Crippen molar-refractivity contribution in [2.75, 3.05) is 52.4 Å². The zero-order chi connectivity index (χ0) is 14.5. The van der Waals surface area contributed by atoms with Crippen LogP contribution in [0.3, 0.4) is 0 Å². The Balaban J connectivity index is 2.06. The molecule has 0 saturated carbocycles. The van der Waals surface area contributed by atoms with Gasteiger partial charge in [-0.3, -0.25) is 19.0 Å². The van der Waals surface area contributed by atoms with Gasteiger partial charge in [0.15, 0.2) is 0 Å². The molecule has 2 aliphatic rings. The molecule has 0 unspecified atom stereocenters. The van der Waals surface area contributed by atoms with E-state index in [1.807, 2.05) is 21.6 Å². The van der Waals surface area contributed by atoms with Crippen molar-refractivity contribution in [1.82, 2.24) is 9.80 Å². The number of hydrogen-bond acceptors (Lipinski definition) is 4. The first-order valence-electron chi connectivity index (χ1n) is 7.83. The second-order valence-corrected chi connectivity index (χ2v) is 7.11. The van der Waals surface area contributed by atoms with E-state index in [4.69, 9.17) is 0 Å². The summed E-state index contributed by atoms with van der Waals surface area (Å²) in [5, 5.41) is 2.90. The second kappa shape index (κ2) is 7.59. The Labute approximate surface area is 131 Å². The molecular formula is C14H28N4S2+2. The third-order valence-corrected chi connectivity index (χ3v) is 6.64. The molecule has 0 spiro atoms. The highest BCUT2D eigenvalue weighted by atomic mass is 33.1. The van der Waals surface area contributed by atoms with Crippen LogP contribution in [-0.2, 0) is 0 Å². The SMILES string of the molecule is CCN1CC[N+](CC)=C1SSC1=[N+](CC)CCN1CC. The topological polar surface area (TPSA) is 12.5 Å². The summed E-state index contributed by atoms with van der Waals surface area (Å²) in [7, 11) is 3.90. The van der Waals surface area contributed by atoms with Gasteiger partial charge in [0.05, 0.1) is 26.2 Å². The monoisotopic (exact) mass is 316 g/mol. The third kappa shape index (κ3) is 3.27. The molecule has 0 aromatic heterocycles. The molecule has 2 rings (SSSR count). The van der Waals surface area contributed by atoms with Gasteiger partial charge in [0, 0.05) is 21.6 Å². The van der Waals surface area contributed by atoms with Crippen molar-refractivity contribution in [2.24, 2.45) is 0 Å². The van der Waals surface area contributed by atoms with Crippen LogP contribution >= 0.6 is 21.6 Å². The van der Waals surface area contributed by atoms with E-state index in [0.29, 0.717) is 0 Å². The summed E-state index contributed by atoms with van der Waals surface area (Å²) in [6, 6.07) is 0. The van der Waals surface area contributed by atoms with E-state index >= 15 is 0 Å². The number of nitrogens with zero attached hydrogens (tertiary/aromatic N) is 4. The van der Waals surface area contributed by atoms with Gasteiger partial charge in [-0.1, -0.05) is 0 Å². The van der Waals surface area contributed by atoms with Crippen LogP contribution in [0.2, 0.25) is 0 Å². The second-order valence-electron chi connectivity index (χ2n) is 5.05. The largest absolute Gasteiger partial charge is 0.320 e. The molecule has 0 N–H and O–H groups in total. The fourth-order valence-corrected chi connectivity index (χ4v) is 5.89. The maximum atomic E-state index is 2.50. The number of hydrogen-bond donors (Lipinski definition) is 0. The Kier molecular flexibility index (Phi) is 6.08. The predicted molar refractivity (Wildman–Crippen MR) is 91.0 cm³/mol. The van der Waals surface area contributed by atoms with Crippen LogP contribution in [0.1, 0.15) is 27.7 Å². The molecule has 0 bridgehead atoms. The molecule has 2 aliphatic heterocycles. The highest BCUT2D eigenvalue weighted by Crippen LogP contribution is 2.30. The van der Waals surface area contributed by atoms with Crippen LogP contribution in [0.5, 0.6) is 0 Å². The average Bonchev–Trinajstić information content (AvgIpc) is 3.07. The average molecular weight is 317 g/mol. The maximum absolute atomic E-state index is 2.50. The van der Waals surface area contributed by atoms with Crippen molar-refractivity contribution in [3.05, 3.63) is 0 Å². The van der Waals surface area contributed by atoms with E-state index in [1.165, 1.54) is 36.5 Å². The van der Waals surface area contributed by atoms with Crippen LogP contribution in [0.15, 0.2) is 0 Å². The first kappa shape index (κ1) is 16.0. The molecule has 6 heteroatoms. The van der Waals surface area contributed by atoms with Gasteiger partial charge in [-0.15, -0.1) is 0 Å². The van der Waals surface area contributed by atoms with Gasteiger partial charge in [-0.2, -0.15) is 0 Å². The van der Waals surface area contributed by atoms with Crippen molar-refractivity contribution in [3.8, 4) is 0 Å². The number of amidine groups is 2. The normalized spacial score (nSPS) is 19.8. The Morgan fingerprint density at radius 3 is 1.50 bits per heavy atom. The van der Waals surface area contributed by atoms with Crippen LogP contribution in [0.25, 0.3) is 0 Å². The fraction of sp³-hybridized carbons (Fsp3) is 0.857. The van der Waals surface area contributed by atoms with E-state index in [2.05, 4.69) is 46.6 Å². The van der Waals surface area contributed by atoms with Crippen LogP contribution in [0.4, 0.5) is 0 Å². The van der Waals surface area contributed by atoms with Crippen molar-refractivity contribution >= 4 is 31.9 Å². The van der Waals surface area contributed by atoms with Crippen LogP contribution in [-0.4, -0.2) is 81.6 Å². The minimum absolute atomic E-state index is 1.11. The van der Waals surface area contributed by atoms with Gasteiger partial charge in [0.2, 0.25) is 0 Å². The Morgan fingerprint density at radius 2 is 1.20 bits per heavy atom. The first-order valence-corrected chi connectivity index (χ1v) is 9.98. The molecule has 20 heavy (non-hydrogen) atoms. The van der Waals surface area contributed by atoms with E-state index in [-0.39, 0.29) is 0 Å². The fourth-order valence-electron chi connectivity index (χ4n) is 2.72. The Hall–Kier alpha value is -0.360. The molecule has 0 amide bonds. The zero-order valence-electron chi connectivity index (χ0n) is 13.3. The smallest absolute Gasteiger partial charge is 0.252 e. The highest BCUT2D eigenvalue weighted by molar-refractivity contribution is 8.87. The molecular weight excluding hydrogens is 288 g/mol. The third-order valence-electron chi connectivity index (χ3n) is 4.08. The van der Waals surface area contributed by atoms with Crippen molar-refractivity contribution in [1.29, 1.82) is 0 Å². The van der Waals surface area contributed by atoms with E-state index < -0.39 is 0 Å². The highest BCUT2D eigenvalue weighted by Gasteiger charge is 2.34. The van der Waals surface area contributed by atoms with Gasteiger partial charge in [0.25, 0.3) is 0 Å². The van der Waals surface area contributed by atoms with Gasteiger partial charge in [0.1, 0.15) is 26.2 Å². The molecule has 4 nitrogen and oxygen atoms in total. The summed E-state index contributed by atoms with van der Waals surface area (Å²) < 4.78 is 5.01. The molecule has 2 heterocycles. The quantitative estimate of drug-likeness (QED) is 0.579. The van der Waals surface area contributed by atoms with Gasteiger partial charge < -0.3 is 0 Å². The van der Waals surface area contributed by atoms with Crippen molar-refractivity contribution in [2.45, 2.75) is 27.7 Å². The lowest BCUT2D eigenvalue weighted by Crippen LogP contribution is -2.29. The Bertz CT molecular complexity index is 368. The molecule has 0 fully saturated rings. The Morgan fingerprint density at radius 1 is 0.800 bits per heavy atom. The van der Waals surface area contributed by atoms with Gasteiger partial charge in [-0.05, 0) is 27.7 Å². The molecule has 0 saturated heterocycles. The zero-order valence-corrected chi connectivity index (χ0v) is 14.9. The first-order chi connectivity index (χ1) is 9.74. The summed E-state index contributed by atoms with van der Waals surface area (Å²) in [5.74, 6) is 0. The minimum Gasteiger partial charge on any atom is -0.252 e. The van der Waals surface area contributed by atoms with E-state index in [0.717, 1.165) is 26.2 Å². The van der Waals surface area contributed by atoms with Crippen molar-refractivity contribution < 1.29 is 9.15 Å². The molecule has 0 atom stereocenters. The summed E-state index contributed by atoms with van der Waals surface area (Å²) >= 11 is 0. The molecule has 0 aromatic carbocycles. The van der Waals surface area contributed by atoms with Crippen LogP contribution < -0.4 is 0 Å². The minimum atomic E-state index is 1.11. The van der Waals surface area contributed by atoms with E-state index in [1.54, 1.807) is 0 Å². The summed E-state index contributed by atoms with van der Waals surface area (Å²) in [5.41, 5.74) is 0. The van der Waals surface area contributed by atoms with E-state index in [9.17, 15) is 0 Å². The number of rotatable bonds is 4. The molecule has 114 valence electrons. The maximum Gasteiger partial charge on any atom is 0.320 e. The summed E-state index contributed by atoms with van der Waals surface area (Å²) in [6.45, 7) is 18.2. The molecule has 0 aromatic rings. The predicted octanol–water partition coefficient (Wildman–Crippen LogP) is 1.82. The lowest BCUT2D eigenvalue weighted by Gasteiger charge is -2.12. The van der Waals surface area contributed by atoms with Gasteiger partial charge >= 0.3 is 10.3 Å². The number of likely N-dealkylation sites (N-methyl/N-ethyl adjacent to an activating group) is 4. The molecule has 0 aliphatic carbocycles.